The van der Waals surface area contributed by atoms with Crippen LogP contribution in [-0.4, -0.2) is 24.5 Å². The van der Waals surface area contributed by atoms with Gasteiger partial charge in [0, 0.05) is 11.3 Å². The Morgan fingerprint density at radius 1 is 1.24 bits per heavy atom. The van der Waals surface area contributed by atoms with Gasteiger partial charge in [-0.05, 0) is 26.5 Å². The Bertz CT molecular complexity index is 595. The second-order valence-corrected chi connectivity index (χ2v) is 5.85. The molecule has 0 atom stereocenters. The van der Waals surface area contributed by atoms with E-state index in [1.54, 1.807) is 18.4 Å². The van der Waals surface area contributed by atoms with Gasteiger partial charge in [0.05, 0.1) is 12.2 Å². The topological polar surface area (TPSA) is 54.0 Å². The number of halogens is 1. The fraction of sp³-hybridized carbons (Fsp3) is 0.333. The van der Waals surface area contributed by atoms with Gasteiger partial charge in [0.1, 0.15) is 0 Å². The molecule has 0 fully saturated rings. The van der Waals surface area contributed by atoms with Gasteiger partial charge in [-0.3, -0.25) is 4.79 Å². The van der Waals surface area contributed by atoms with Gasteiger partial charge in [-0.1, -0.05) is 29.8 Å². The lowest BCUT2D eigenvalue weighted by molar-refractivity contribution is -0.115. The normalized spacial score (nSPS) is 10.0. The van der Waals surface area contributed by atoms with E-state index in [9.17, 15) is 4.79 Å². The first-order valence-electron chi connectivity index (χ1n) is 6.55. The van der Waals surface area contributed by atoms with Crippen molar-refractivity contribution >= 4 is 34.8 Å². The van der Waals surface area contributed by atoms with Crippen molar-refractivity contribution in [3.63, 3.8) is 0 Å². The molecule has 4 nitrogen and oxygen atoms in total. The molecule has 0 radical (unpaired) electrons. The SMILES string of the molecule is CNCC(=O)Nc1nc(C)c(Cc2ccc(C)cc2)s1.Cl. The summed E-state index contributed by atoms with van der Waals surface area (Å²) in [5.41, 5.74) is 3.50. The molecule has 1 amide bonds. The number of carbonyl (C=O) groups excluding carboxylic acids is 1. The summed E-state index contributed by atoms with van der Waals surface area (Å²) in [4.78, 5) is 17.1. The number of aryl methyl sites for hydroxylation is 2. The van der Waals surface area contributed by atoms with Crippen LogP contribution in [0.5, 0.6) is 0 Å². The molecule has 0 aliphatic heterocycles. The summed E-state index contributed by atoms with van der Waals surface area (Å²) >= 11 is 1.54. The molecule has 1 aromatic heterocycles. The summed E-state index contributed by atoms with van der Waals surface area (Å²) in [6.07, 6.45) is 0.853. The first kappa shape index (κ1) is 17.6. The van der Waals surface area contributed by atoms with Crippen molar-refractivity contribution in [2.24, 2.45) is 0 Å². The lowest BCUT2D eigenvalue weighted by atomic mass is 10.1. The minimum absolute atomic E-state index is 0. The lowest BCUT2D eigenvalue weighted by Crippen LogP contribution is -2.24. The summed E-state index contributed by atoms with van der Waals surface area (Å²) in [5, 5.41) is 6.30. The number of aromatic nitrogens is 1. The van der Waals surface area contributed by atoms with Crippen molar-refractivity contribution in [3.05, 3.63) is 46.0 Å². The van der Waals surface area contributed by atoms with Crippen LogP contribution in [0, 0.1) is 13.8 Å². The van der Waals surface area contributed by atoms with Gasteiger partial charge in [-0.15, -0.1) is 23.7 Å². The monoisotopic (exact) mass is 325 g/mol. The van der Waals surface area contributed by atoms with Gasteiger partial charge in [-0.25, -0.2) is 4.98 Å². The zero-order valence-corrected chi connectivity index (χ0v) is 14.0. The average Bonchev–Trinajstić information content (AvgIpc) is 2.72. The fourth-order valence-corrected chi connectivity index (χ4v) is 2.87. The van der Waals surface area contributed by atoms with Crippen LogP contribution in [-0.2, 0) is 11.2 Å². The van der Waals surface area contributed by atoms with Crippen molar-refractivity contribution in [1.82, 2.24) is 10.3 Å². The highest BCUT2D eigenvalue weighted by Crippen LogP contribution is 2.25. The van der Waals surface area contributed by atoms with Crippen LogP contribution >= 0.6 is 23.7 Å². The van der Waals surface area contributed by atoms with Crippen LogP contribution in [0.15, 0.2) is 24.3 Å². The molecule has 6 heteroatoms. The van der Waals surface area contributed by atoms with Crippen LogP contribution in [0.3, 0.4) is 0 Å². The Morgan fingerprint density at radius 3 is 2.52 bits per heavy atom. The number of benzene rings is 1. The number of carbonyl (C=O) groups is 1. The number of hydrogen-bond donors (Lipinski definition) is 2. The molecule has 2 N–H and O–H groups in total. The van der Waals surface area contributed by atoms with Crippen LogP contribution in [0.1, 0.15) is 21.7 Å². The smallest absolute Gasteiger partial charge is 0.240 e. The maximum absolute atomic E-state index is 11.5. The first-order chi connectivity index (χ1) is 9.58. The average molecular weight is 326 g/mol. The second-order valence-electron chi connectivity index (χ2n) is 4.77. The van der Waals surface area contributed by atoms with E-state index in [1.165, 1.54) is 16.0 Å². The summed E-state index contributed by atoms with van der Waals surface area (Å²) < 4.78 is 0. The Labute approximate surface area is 135 Å². The van der Waals surface area contributed by atoms with Crippen molar-refractivity contribution in [3.8, 4) is 0 Å². The van der Waals surface area contributed by atoms with E-state index in [1.807, 2.05) is 6.92 Å². The number of likely N-dealkylation sites (N-methyl/N-ethyl adjacent to an activating group) is 1. The summed E-state index contributed by atoms with van der Waals surface area (Å²) in [7, 11) is 1.75. The predicted molar refractivity (Wildman–Crippen MR) is 90.6 cm³/mol. The van der Waals surface area contributed by atoms with Crippen LogP contribution in [0.2, 0.25) is 0 Å². The molecule has 2 rings (SSSR count). The third-order valence-corrected chi connectivity index (χ3v) is 4.03. The van der Waals surface area contributed by atoms with E-state index < -0.39 is 0 Å². The van der Waals surface area contributed by atoms with E-state index in [-0.39, 0.29) is 18.3 Å². The van der Waals surface area contributed by atoms with Gasteiger partial charge >= 0.3 is 0 Å². The molecular formula is C15H20ClN3OS. The Balaban J connectivity index is 0.00000220. The lowest BCUT2D eigenvalue weighted by Gasteiger charge is -2.00. The third kappa shape index (κ3) is 5.12. The van der Waals surface area contributed by atoms with E-state index >= 15 is 0 Å². The molecule has 0 bridgehead atoms. The molecular weight excluding hydrogens is 306 g/mol. The minimum Gasteiger partial charge on any atom is -0.311 e. The molecule has 0 unspecified atom stereocenters. The largest absolute Gasteiger partial charge is 0.311 e. The highest BCUT2D eigenvalue weighted by molar-refractivity contribution is 7.15. The van der Waals surface area contributed by atoms with Crippen LogP contribution < -0.4 is 10.6 Å². The van der Waals surface area contributed by atoms with Gasteiger partial charge in [0.2, 0.25) is 5.91 Å². The molecule has 114 valence electrons. The number of hydrogen-bond acceptors (Lipinski definition) is 4. The quantitative estimate of drug-likeness (QED) is 0.888. The van der Waals surface area contributed by atoms with Gasteiger partial charge < -0.3 is 10.6 Å². The number of thiazole rings is 1. The number of rotatable bonds is 5. The highest BCUT2D eigenvalue weighted by Gasteiger charge is 2.10. The Kier molecular flexibility index (Phi) is 6.81. The first-order valence-corrected chi connectivity index (χ1v) is 7.36. The van der Waals surface area contributed by atoms with Crippen LogP contribution in [0.25, 0.3) is 0 Å². The van der Waals surface area contributed by atoms with E-state index in [0.29, 0.717) is 11.7 Å². The molecule has 0 aliphatic rings. The minimum atomic E-state index is -0.0665. The zero-order valence-electron chi connectivity index (χ0n) is 12.4. The van der Waals surface area contributed by atoms with Gasteiger partial charge in [0.25, 0.3) is 0 Å². The summed E-state index contributed by atoms with van der Waals surface area (Å²) in [6, 6.07) is 8.49. The van der Waals surface area contributed by atoms with Crippen molar-refractivity contribution < 1.29 is 4.79 Å². The van der Waals surface area contributed by atoms with Gasteiger partial charge in [-0.2, -0.15) is 0 Å². The van der Waals surface area contributed by atoms with Gasteiger partial charge in [0.15, 0.2) is 5.13 Å². The molecule has 0 saturated carbocycles. The van der Waals surface area contributed by atoms with Crippen molar-refractivity contribution in [1.29, 1.82) is 0 Å². The molecule has 1 heterocycles. The van der Waals surface area contributed by atoms with Crippen molar-refractivity contribution in [2.45, 2.75) is 20.3 Å². The predicted octanol–water partition coefficient (Wildman–Crippen LogP) is 2.93. The standard InChI is InChI=1S/C15H19N3OS.ClH/c1-10-4-6-12(7-5-10)8-13-11(2)17-15(20-13)18-14(19)9-16-3;/h4-7,16H,8-9H2,1-3H3,(H,17,18,19);1H. The highest BCUT2D eigenvalue weighted by atomic mass is 35.5. The molecule has 1 aromatic carbocycles. The molecule has 21 heavy (non-hydrogen) atoms. The van der Waals surface area contributed by atoms with E-state index in [2.05, 4.69) is 46.8 Å². The number of anilines is 1. The zero-order chi connectivity index (χ0) is 14.5. The second kappa shape index (κ2) is 8.12. The molecule has 0 spiro atoms. The number of nitrogens with zero attached hydrogens (tertiary/aromatic N) is 1. The molecule has 2 aromatic rings. The fourth-order valence-electron chi connectivity index (χ4n) is 1.86. The van der Waals surface area contributed by atoms with Crippen molar-refractivity contribution in [2.75, 3.05) is 18.9 Å². The number of nitrogens with one attached hydrogen (secondary N) is 2. The third-order valence-electron chi connectivity index (χ3n) is 2.96. The summed E-state index contributed by atoms with van der Waals surface area (Å²) in [6.45, 7) is 4.36. The Hall–Kier alpha value is -1.43. The number of amides is 1. The van der Waals surface area contributed by atoms with Crippen LogP contribution in [0.4, 0.5) is 5.13 Å². The van der Waals surface area contributed by atoms with E-state index in [4.69, 9.17) is 0 Å². The Morgan fingerprint density at radius 2 is 1.90 bits per heavy atom. The van der Waals surface area contributed by atoms with E-state index in [0.717, 1.165) is 12.1 Å². The maximum Gasteiger partial charge on any atom is 0.240 e. The maximum atomic E-state index is 11.5. The summed E-state index contributed by atoms with van der Waals surface area (Å²) in [5.74, 6) is -0.0665. The molecule has 0 saturated heterocycles. The molecule has 0 aliphatic carbocycles.